The van der Waals surface area contributed by atoms with Gasteiger partial charge in [-0.15, -0.1) is 0 Å². The molecule has 94 valence electrons. The molecule has 1 atom stereocenters. The normalized spacial score (nSPS) is 17.2. The molecule has 3 heteroatoms. The van der Waals surface area contributed by atoms with Gasteiger partial charge >= 0.3 is 0 Å². The Bertz CT molecular complexity index is 352. The molecule has 1 heterocycles. The first kappa shape index (κ1) is 12.4. The average Bonchev–Trinajstić information content (AvgIpc) is 3.09. The highest BCUT2D eigenvalue weighted by molar-refractivity contribution is 5.46. The van der Waals surface area contributed by atoms with Crippen molar-refractivity contribution in [2.45, 2.75) is 45.7 Å². The second kappa shape index (κ2) is 5.05. The van der Waals surface area contributed by atoms with Crippen LogP contribution in [0.4, 0.5) is 5.69 Å². The molecule has 0 unspecified atom stereocenters. The van der Waals surface area contributed by atoms with Crippen molar-refractivity contribution < 1.29 is 0 Å². The van der Waals surface area contributed by atoms with Crippen LogP contribution in [0.15, 0.2) is 18.3 Å². The third-order valence-corrected chi connectivity index (χ3v) is 3.34. The summed E-state index contributed by atoms with van der Waals surface area (Å²) in [5.74, 6) is 0.894. The zero-order chi connectivity index (χ0) is 12.4. The number of hydrogen-bond acceptors (Lipinski definition) is 3. The number of anilines is 1. The van der Waals surface area contributed by atoms with E-state index in [1.165, 1.54) is 18.5 Å². The summed E-state index contributed by atoms with van der Waals surface area (Å²) in [5.41, 5.74) is 8.00. The van der Waals surface area contributed by atoms with Crippen LogP contribution < -0.4 is 10.6 Å². The third kappa shape index (κ3) is 3.19. The van der Waals surface area contributed by atoms with Gasteiger partial charge in [0.1, 0.15) is 0 Å². The van der Waals surface area contributed by atoms with E-state index in [1.54, 1.807) is 0 Å². The molecule has 1 aliphatic rings. The summed E-state index contributed by atoms with van der Waals surface area (Å²) in [6, 6.07) is 4.73. The van der Waals surface area contributed by atoms with Gasteiger partial charge in [-0.05, 0) is 51.7 Å². The SMILES string of the molecule is CC(C)N(CC1CC1)c1ccc([C@@H](C)N)nc1. The van der Waals surface area contributed by atoms with Crippen LogP contribution in [0, 0.1) is 5.92 Å². The standard InChI is InChI=1S/C14H23N3/c1-10(2)17(9-12-4-5-12)13-6-7-14(11(3)15)16-8-13/h6-8,10-12H,4-5,9,15H2,1-3H3/t11-/m1/s1. The second-order valence-electron chi connectivity index (χ2n) is 5.42. The lowest BCUT2D eigenvalue weighted by Crippen LogP contribution is -2.32. The molecule has 0 radical (unpaired) electrons. The Hall–Kier alpha value is -1.09. The fourth-order valence-corrected chi connectivity index (χ4v) is 2.03. The number of nitrogens with zero attached hydrogens (tertiary/aromatic N) is 2. The minimum Gasteiger partial charge on any atom is -0.368 e. The zero-order valence-electron chi connectivity index (χ0n) is 11.1. The van der Waals surface area contributed by atoms with Gasteiger partial charge in [-0.25, -0.2) is 0 Å². The summed E-state index contributed by atoms with van der Waals surface area (Å²) in [6.07, 6.45) is 4.73. The molecule has 1 aromatic heterocycles. The lowest BCUT2D eigenvalue weighted by atomic mass is 10.2. The van der Waals surface area contributed by atoms with E-state index < -0.39 is 0 Å². The largest absolute Gasteiger partial charge is 0.368 e. The Balaban J connectivity index is 2.11. The van der Waals surface area contributed by atoms with Crippen molar-refractivity contribution in [3.05, 3.63) is 24.0 Å². The van der Waals surface area contributed by atoms with Gasteiger partial charge in [0, 0.05) is 18.6 Å². The van der Waals surface area contributed by atoms with Crippen molar-refractivity contribution in [1.29, 1.82) is 0 Å². The summed E-state index contributed by atoms with van der Waals surface area (Å²) in [5, 5.41) is 0. The van der Waals surface area contributed by atoms with Crippen LogP contribution in [-0.4, -0.2) is 17.6 Å². The minimum atomic E-state index is 0.0139. The van der Waals surface area contributed by atoms with Gasteiger partial charge in [0.25, 0.3) is 0 Å². The summed E-state index contributed by atoms with van der Waals surface area (Å²) < 4.78 is 0. The third-order valence-electron chi connectivity index (χ3n) is 3.34. The molecule has 0 saturated heterocycles. The van der Waals surface area contributed by atoms with E-state index in [0.717, 1.165) is 18.2 Å². The predicted molar refractivity (Wildman–Crippen MR) is 72.0 cm³/mol. The maximum absolute atomic E-state index is 5.81. The van der Waals surface area contributed by atoms with Crippen LogP contribution in [0.25, 0.3) is 0 Å². The number of nitrogens with two attached hydrogens (primary N) is 1. The Labute approximate surface area is 104 Å². The molecule has 0 bridgehead atoms. The number of rotatable bonds is 5. The molecule has 3 nitrogen and oxygen atoms in total. The van der Waals surface area contributed by atoms with Crippen molar-refractivity contribution in [3.63, 3.8) is 0 Å². The molecular weight excluding hydrogens is 210 g/mol. The smallest absolute Gasteiger partial charge is 0.0569 e. The molecule has 2 N–H and O–H groups in total. The molecule has 0 amide bonds. The fourth-order valence-electron chi connectivity index (χ4n) is 2.03. The molecule has 1 aromatic rings. The van der Waals surface area contributed by atoms with E-state index in [4.69, 9.17) is 5.73 Å². The quantitative estimate of drug-likeness (QED) is 0.850. The molecule has 17 heavy (non-hydrogen) atoms. The van der Waals surface area contributed by atoms with Crippen molar-refractivity contribution >= 4 is 5.69 Å². The van der Waals surface area contributed by atoms with Gasteiger partial charge in [0.05, 0.1) is 17.6 Å². The van der Waals surface area contributed by atoms with Gasteiger partial charge in [-0.1, -0.05) is 0 Å². The van der Waals surface area contributed by atoms with Crippen molar-refractivity contribution in [2.75, 3.05) is 11.4 Å². The molecule has 1 saturated carbocycles. The van der Waals surface area contributed by atoms with Crippen LogP contribution in [0.1, 0.15) is 45.3 Å². The van der Waals surface area contributed by atoms with Gasteiger partial charge in [-0.2, -0.15) is 0 Å². The fraction of sp³-hybridized carbons (Fsp3) is 0.643. The van der Waals surface area contributed by atoms with Gasteiger partial charge in [-0.3, -0.25) is 4.98 Å². The highest BCUT2D eigenvalue weighted by Gasteiger charge is 2.25. The molecule has 1 fully saturated rings. The van der Waals surface area contributed by atoms with E-state index in [9.17, 15) is 0 Å². The van der Waals surface area contributed by atoms with E-state index >= 15 is 0 Å². The van der Waals surface area contributed by atoms with Crippen molar-refractivity contribution in [2.24, 2.45) is 11.7 Å². The van der Waals surface area contributed by atoms with Gasteiger partial charge in [0.2, 0.25) is 0 Å². The van der Waals surface area contributed by atoms with E-state index in [1.807, 2.05) is 19.2 Å². The van der Waals surface area contributed by atoms with Gasteiger partial charge in [0.15, 0.2) is 0 Å². The van der Waals surface area contributed by atoms with E-state index in [2.05, 4.69) is 29.8 Å². The lowest BCUT2D eigenvalue weighted by molar-refractivity contribution is 0.642. The van der Waals surface area contributed by atoms with Crippen LogP contribution in [0.5, 0.6) is 0 Å². The highest BCUT2D eigenvalue weighted by atomic mass is 15.2. The maximum Gasteiger partial charge on any atom is 0.0569 e. The Morgan fingerprint density at radius 3 is 2.47 bits per heavy atom. The molecule has 2 rings (SSSR count). The maximum atomic E-state index is 5.81. The predicted octanol–water partition coefficient (Wildman–Crippen LogP) is 2.73. The van der Waals surface area contributed by atoms with E-state index in [-0.39, 0.29) is 6.04 Å². The molecule has 0 spiro atoms. The summed E-state index contributed by atoms with van der Waals surface area (Å²) in [7, 11) is 0. The Morgan fingerprint density at radius 2 is 2.06 bits per heavy atom. The molecule has 1 aliphatic carbocycles. The van der Waals surface area contributed by atoms with Crippen LogP contribution in [0.2, 0.25) is 0 Å². The Kier molecular flexibility index (Phi) is 3.67. The number of aromatic nitrogens is 1. The average molecular weight is 233 g/mol. The topological polar surface area (TPSA) is 42.1 Å². The number of pyridine rings is 1. The molecule has 0 aliphatic heterocycles. The molecule has 0 aromatic carbocycles. The Morgan fingerprint density at radius 1 is 1.35 bits per heavy atom. The summed E-state index contributed by atoms with van der Waals surface area (Å²) in [4.78, 5) is 6.88. The first-order valence-corrected chi connectivity index (χ1v) is 6.56. The highest BCUT2D eigenvalue weighted by Crippen LogP contribution is 2.32. The van der Waals surface area contributed by atoms with Crippen LogP contribution in [-0.2, 0) is 0 Å². The van der Waals surface area contributed by atoms with Crippen LogP contribution in [0.3, 0.4) is 0 Å². The van der Waals surface area contributed by atoms with Crippen molar-refractivity contribution in [3.8, 4) is 0 Å². The monoisotopic (exact) mass is 233 g/mol. The lowest BCUT2D eigenvalue weighted by Gasteiger charge is -2.29. The zero-order valence-corrected chi connectivity index (χ0v) is 11.1. The number of hydrogen-bond donors (Lipinski definition) is 1. The van der Waals surface area contributed by atoms with E-state index in [0.29, 0.717) is 6.04 Å². The van der Waals surface area contributed by atoms with Gasteiger partial charge < -0.3 is 10.6 Å². The second-order valence-corrected chi connectivity index (χ2v) is 5.42. The first-order valence-electron chi connectivity index (χ1n) is 6.56. The summed E-state index contributed by atoms with van der Waals surface area (Å²) >= 11 is 0. The van der Waals surface area contributed by atoms with Crippen LogP contribution >= 0.6 is 0 Å². The van der Waals surface area contributed by atoms with Crippen molar-refractivity contribution in [1.82, 2.24) is 4.98 Å². The summed E-state index contributed by atoms with van der Waals surface area (Å²) in [6.45, 7) is 7.60. The molecular formula is C14H23N3. The minimum absolute atomic E-state index is 0.0139. The first-order chi connectivity index (χ1) is 8.08.